The lowest BCUT2D eigenvalue weighted by molar-refractivity contribution is 0.0135. The zero-order valence-corrected chi connectivity index (χ0v) is 27.2. The van der Waals surface area contributed by atoms with Crippen LogP contribution in [-0.4, -0.2) is 76.3 Å². The Labute approximate surface area is 251 Å². The quantitative estimate of drug-likeness (QED) is 0.368. The fourth-order valence-corrected chi connectivity index (χ4v) is 7.65. The first kappa shape index (κ1) is 33.1. The van der Waals surface area contributed by atoms with Gasteiger partial charge in [-0.2, -0.15) is 0 Å². The Morgan fingerprint density at radius 3 is 2.25 bits per heavy atom. The second kappa shape index (κ2) is 12.9. The lowest BCUT2D eigenvalue weighted by Crippen LogP contribution is -2.61. The Bertz CT molecular complexity index is 1220. The third kappa shape index (κ3) is 8.13. The first-order valence-electron chi connectivity index (χ1n) is 13.3. The van der Waals surface area contributed by atoms with Crippen LogP contribution in [0.2, 0.25) is 10.0 Å². The van der Waals surface area contributed by atoms with E-state index >= 15 is 0 Å². The predicted octanol–water partition coefficient (Wildman–Crippen LogP) is 5.31. The van der Waals surface area contributed by atoms with Crippen molar-refractivity contribution < 1.29 is 26.9 Å². The van der Waals surface area contributed by atoms with Crippen molar-refractivity contribution in [2.24, 2.45) is 5.92 Å². The third-order valence-electron chi connectivity index (χ3n) is 6.79. The summed E-state index contributed by atoms with van der Waals surface area (Å²) in [6.45, 7) is 15.7. The maximum absolute atomic E-state index is 13.4. The van der Waals surface area contributed by atoms with Gasteiger partial charge in [-0.15, -0.1) is 0 Å². The number of carbonyl (C=O) groups is 1. The molecule has 3 rings (SSSR count). The van der Waals surface area contributed by atoms with E-state index in [1.165, 1.54) is 9.21 Å². The molecule has 2 heterocycles. The average molecular weight is 639 g/mol. The fourth-order valence-electron chi connectivity index (χ4n) is 4.54. The van der Waals surface area contributed by atoms with Crippen molar-refractivity contribution in [3.05, 3.63) is 40.4 Å². The Hall–Kier alpha value is -1.37. The van der Waals surface area contributed by atoms with Crippen LogP contribution >= 0.6 is 23.2 Å². The number of ether oxygens (including phenoxy) is 2. The molecule has 0 aromatic heterocycles. The smallest absolute Gasteiger partial charge is 0.410 e. The minimum Gasteiger partial charge on any atom is -0.489 e. The van der Waals surface area contributed by atoms with Crippen LogP contribution in [0, 0.1) is 5.92 Å². The van der Waals surface area contributed by atoms with E-state index in [4.69, 9.17) is 32.7 Å². The first-order valence-corrected chi connectivity index (χ1v) is 16.7. The molecule has 40 heavy (non-hydrogen) atoms. The number of benzene rings is 1. The minimum absolute atomic E-state index is 0.0549. The number of halogens is 2. The number of carbonyl (C=O) groups excluding carboxylic acids is 1. The highest BCUT2D eigenvalue weighted by Gasteiger charge is 2.45. The van der Waals surface area contributed by atoms with Crippen LogP contribution in [0.3, 0.4) is 0 Å². The molecule has 1 amide bonds. The number of hydrogen-bond acceptors (Lipinski definition) is 6. The second-order valence-electron chi connectivity index (χ2n) is 12.2. The van der Waals surface area contributed by atoms with Crippen LogP contribution < -0.4 is 9.46 Å². The molecule has 0 bridgehead atoms. The maximum atomic E-state index is 13.4. The third-order valence-corrected chi connectivity index (χ3v) is 11.3. The topological polar surface area (TPSA) is 105 Å². The summed E-state index contributed by atoms with van der Waals surface area (Å²) < 4.78 is 55.4. The van der Waals surface area contributed by atoms with E-state index in [0.29, 0.717) is 47.3 Å². The van der Waals surface area contributed by atoms with Crippen molar-refractivity contribution in [1.82, 2.24) is 13.9 Å². The molecule has 0 radical (unpaired) electrons. The Balaban J connectivity index is 1.77. The van der Waals surface area contributed by atoms with E-state index in [1.54, 1.807) is 39.0 Å². The van der Waals surface area contributed by atoms with Crippen LogP contribution in [-0.2, 0) is 25.7 Å². The van der Waals surface area contributed by atoms with Gasteiger partial charge < -0.3 is 14.4 Å². The van der Waals surface area contributed by atoms with Crippen molar-refractivity contribution in [1.29, 1.82) is 0 Å². The molecule has 2 aliphatic heterocycles. The summed E-state index contributed by atoms with van der Waals surface area (Å²) >= 11 is 12.7. The lowest BCUT2D eigenvalue weighted by atomic mass is 9.86. The summed E-state index contributed by atoms with van der Waals surface area (Å²) in [6.07, 6.45) is 2.18. The van der Waals surface area contributed by atoms with Gasteiger partial charge in [-0.1, -0.05) is 35.9 Å². The molecule has 9 nitrogen and oxygen atoms in total. The minimum atomic E-state index is -3.60. The molecule has 2 aliphatic rings. The molecule has 1 N–H and O–H groups in total. The molecular weight excluding hydrogens is 597 g/mol. The van der Waals surface area contributed by atoms with Gasteiger partial charge in [-0.05, 0) is 66.4 Å². The number of piperidine rings is 1. The second-order valence-corrected chi connectivity index (χ2v) is 17.2. The summed E-state index contributed by atoms with van der Waals surface area (Å²) in [6, 6.07) is 2.94. The Morgan fingerprint density at radius 2 is 1.73 bits per heavy atom. The normalized spacial score (nSPS) is 19.6. The van der Waals surface area contributed by atoms with Crippen LogP contribution in [0.4, 0.5) is 4.79 Å². The number of hydrogen-bond donors (Lipinski definition) is 1. The van der Waals surface area contributed by atoms with Crippen LogP contribution in [0.5, 0.6) is 5.75 Å². The standard InChI is InChI=1S/C27H41Cl2N3O6S2/c1-8-13-37-23-15-22(29)21(28)14-20(23)24(30-39(34)27(5,6)7)18-9-11-32(12-10-18)40(35,36)19-16-31(17-19)25(33)38-26(2,3)4/h8,14-15,18-19,24,30H,1,9-13,16-17H2,2-7H3. The van der Waals surface area contributed by atoms with Gasteiger partial charge in [0.05, 0.1) is 31.8 Å². The summed E-state index contributed by atoms with van der Waals surface area (Å²) in [7, 11) is -5.02. The van der Waals surface area contributed by atoms with Crippen LogP contribution in [0.25, 0.3) is 0 Å². The molecule has 2 unspecified atom stereocenters. The highest BCUT2D eigenvalue weighted by atomic mass is 35.5. The number of rotatable bonds is 9. The van der Waals surface area contributed by atoms with E-state index in [2.05, 4.69) is 11.3 Å². The van der Waals surface area contributed by atoms with Crippen molar-refractivity contribution in [3.63, 3.8) is 0 Å². The Morgan fingerprint density at radius 1 is 1.15 bits per heavy atom. The van der Waals surface area contributed by atoms with Crippen LogP contribution in [0.15, 0.2) is 24.8 Å². The molecule has 2 saturated heterocycles. The summed E-state index contributed by atoms with van der Waals surface area (Å²) in [4.78, 5) is 13.7. The molecule has 0 saturated carbocycles. The van der Waals surface area contributed by atoms with Crippen molar-refractivity contribution in [2.75, 3.05) is 32.8 Å². The zero-order valence-electron chi connectivity index (χ0n) is 24.0. The van der Waals surface area contributed by atoms with Crippen molar-refractivity contribution in [2.45, 2.75) is 76.0 Å². The molecule has 0 aliphatic carbocycles. The highest BCUT2D eigenvalue weighted by Crippen LogP contribution is 2.41. The van der Waals surface area contributed by atoms with Gasteiger partial charge >= 0.3 is 6.09 Å². The highest BCUT2D eigenvalue weighted by molar-refractivity contribution is 7.89. The Kier molecular flexibility index (Phi) is 10.7. The molecule has 13 heteroatoms. The molecule has 2 atom stereocenters. The lowest BCUT2D eigenvalue weighted by Gasteiger charge is -2.43. The monoisotopic (exact) mass is 637 g/mol. The molecule has 226 valence electrons. The first-order chi connectivity index (χ1) is 18.4. The summed E-state index contributed by atoms with van der Waals surface area (Å²) in [5.74, 6) is 0.449. The molecule has 1 aromatic carbocycles. The fraction of sp³-hybridized carbons (Fsp3) is 0.667. The largest absolute Gasteiger partial charge is 0.489 e. The summed E-state index contributed by atoms with van der Waals surface area (Å²) in [5, 5.41) is 0.0189. The molecule has 0 spiro atoms. The number of nitrogens with one attached hydrogen (secondary N) is 1. The van der Waals surface area contributed by atoms with Gasteiger partial charge in [-0.3, -0.25) is 0 Å². The van der Waals surface area contributed by atoms with Gasteiger partial charge in [-0.25, -0.2) is 26.4 Å². The number of likely N-dealkylation sites (tertiary alicyclic amines) is 1. The van der Waals surface area contributed by atoms with E-state index in [0.717, 1.165) is 0 Å². The van der Waals surface area contributed by atoms with E-state index < -0.39 is 48.7 Å². The summed E-state index contributed by atoms with van der Waals surface area (Å²) in [5.41, 5.74) is 0.0665. The maximum Gasteiger partial charge on any atom is 0.410 e. The molecule has 2 fully saturated rings. The van der Waals surface area contributed by atoms with Gasteiger partial charge in [0, 0.05) is 37.8 Å². The van der Waals surface area contributed by atoms with Gasteiger partial charge in [0.2, 0.25) is 10.0 Å². The van der Waals surface area contributed by atoms with Gasteiger partial charge in [0.1, 0.15) is 23.2 Å². The SMILES string of the molecule is C=CCOc1cc(Cl)c(Cl)cc1C(NS(=O)C(C)(C)C)C1CCN(S(=O)(=O)C2CN(C(=O)OC(C)(C)C)C2)CC1. The van der Waals surface area contributed by atoms with Gasteiger partial charge in [0.25, 0.3) is 0 Å². The van der Waals surface area contributed by atoms with Crippen molar-refractivity contribution in [3.8, 4) is 5.75 Å². The predicted molar refractivity (Wildman–Crippen MR) is 161 cm³/mol. The van der Waals surface area contributed by atoms with E-state index in [-0.39, 0.29) is 25.6 Å². The number of sulfonamides is 1. The van der Waals surface area contributed by atoms with Crippen LogP contribution in [0.1, 0.15) is 66.0 Å². The molecular formula is C27H41Cl2N3O6S2. The number of amides is 1. The van der Waals surface area contributed by atoms with Gasteiger partial charge in [0.15, 0.2) is 0 Å². The molecule has 1 aromatic rings. The average Bonchev–Trinajstić information content (AvgIpc) is 2.80. The zero-order chi connectivity index (χ0) is 30.0. The number of nitrogens with zero attached hydrogens (tertiary/aromatic N) is 2. The van der Waals surface area contributed by atoms with E-state index in [1.807, 2.05) is 20.8 Å². The van der Waals surface area contributed by atoms with Crippen molar-refractivity contribution >= 4 is 50.3 Å². The van der Waals surface area contributed by atoms with E-state index in [9.17, 15) is 17.4 Å².